The summed E-state index contributed by atoms with van der Waals surface area (Å²) in [6.07, 6.45) is 3.17. The van der Waals surface area contributed by atoms with Crippen LogP contribution in [0, 0.1) is 0 Å². The van der Waals surface area contributed by atoms with Crippen LogP contribution in [-0.2, 0) is 0 Å². The predicted octanol–water partition coefficient (Wildman–Crippen LogP) is 3.11. The number of nitrogens with one attached hydrogen (secondary N) is 1. The standard InChI is InChI=1S/C14H23NO2S/c1-11(15-2)13-7-6-12(16-3)10-14(13)17-8-5-9-18-4/h6-7,10-11,15H,5,8-9H2,1-4H3. The molecule has 0 saturated heterocycles. The summed E-state index contributed by atoms with van der Waals surface area (Å²) in [5.74, 6) is 2.88. The summed E-state index contributed by atoms with van der Waals surface area (Å²) in [6, 6.07) is 6.26. The molecule has 0 aliphatic carbocycles. The van der Waals surface area contributed by atoms with Crippen LogP contribution >= 0.6 is 11.8 Å². The first-order valence-electron chi connectivity index (χ1n) is 6.19. The van der Waals surface area contributed by atoms with Crippen molar-refractivity contribution in [2.45, 2.75) is 19.4 Å². The van der Waals surface area contributed by atoms with Crippen LogP contribution in [0.1, 0.15) is 24.9 Å². The minimum absolute atomic E-state index is 0.270. The van der Waals surface area contributed by atoms with Crippen LogP contribution in [0.2, 0.25) is 0 Å². The van der Waals surface area contributed by atoms with E-state index in [4.69, 9.17) is 9.47 Å². The molecule has 0 aromatic heterocycles. The molecule has 102 valence electrons. The number of benzene rings is 1. The molecule has 0 aliphatic rings. The first kappa shape index (κ1) is 15.2. The zero-order chi connectivity index (χ0) is 13.4. The highest BCUT2D eigenvalue weighted by molar-refractivity contribution is 7.98. The largest absolute Gasteiger partial charge is 0.497 e. The quantitative estimate of drug-likeness (QED) is 0.735. The topological polar surface area (TPSA) is 30.5 Å². The van der Waals surface area contributed by atoms with Gasteiger partial charge in [-0.15, -0.1) is 0 Å². The van der Waals surface area contributed by atoms with Gasteiger partial charge in [-0.1, -0.05) is 6.07 Å². The summed E-state index contributed by atoms with van der Waals surface area (Å²) in [4.78, 5) is 0. The third kappa shape index (κ3) is 4.42. The second kappa shape index (κ2) is 8.27. The van der Waals surface area contributed by atoms with Crippen molar-refractivity contribution in [3.05, 3.63) is 23.8 Å². The summed E-state index contributed by atoms with van der Waals surface area (Å²) in [5, 5.41) is 3.24. The molecular formula is C14H23NO2S. The molecule has 0 saturated carbocycles. The molecule has 18 heavy (non-hydrogen) atoms. The lowest BCUT2D eigenvalue weighted by molar-refractivity contribution is 0.310. The van der Waals surface area contributed by atoms with E-state index < -0.39 is 0 Å². The first-order chi connectivity index (χ1) is 8.72. The molecule has 1 atom stereocenters. The van der Waals surface area contributed by atoms with Crippen LogP contribution in [0.4, 0.5) is 0 Å². The highest BCUT2D eigenvalue weighted by Crippen LogP contribution is 2.29. The number of rotatable bonds is 8. The van der Waals surface area contributed by atoms with E-state index in [1.54, 1.807) is 7.11 Å². The summed E-state index contributed by atoms with van der Waals surface area (Å²) in [7, 11) is 3.63. The van der Waals surface area contributed by atoms with Gasteiger partial charge in [0, 0.05) is 17.7 Å². The second-order valence-electron chi connectivity index (χ2n) is 4.11. The zero-order valence-electron chi connectivity index (χ0n) is 11.7. The molecule has 1 aromatic rings. The molecule has 1 unspecified atom stereocenters. The van der Waals surface area contributed by atoms with Gasteiger partial charge in [0.25, 0.3) is 0 Å². The van der Waals surface area contributed by atoms with Crippen molar-refractivity contribution in [3.63, 3.8) is 0 Å². The fourth-order valence-electron chi connectivity index (χ4n) is 1.67. The van der Waals surface area contributed by atoms with Crippen molar-refractivity contribution < 1.29 is 9.47 Å². The molecule has 0 radical (unpaired) electrons. The molecular weight excluding hydrogens is 246 g/mol. The van der Waals surface area contributed by atoms with Crippen molar-refractivity contribution in [2.24, 2.45) is 0 Å². The van der Waals surface area contributed by atoms with E-state index in [2.05, 4.69) is 24.6 Å². The maximum absolute atomic E-state index is 5.87. The molecule has 0 fully saturated rings. The molecule has 1 rings (SSSR count). The Bertz CT molecular complexity index is 358. The van der Waals surface area contributed by atoms with E-state index in [9.17, 15) is 0 Å². The monoisotopic (exact) mass is 269 g/mol. The van der Waals surface area contributed by atoms with Gasteiger partial charge in [-0.2, -0.15) is 11.8 Å². The second-order valence-corrected chi connectivity index (χ2v) is 5.09. The number of thioether (sulfide) groups is 1. The summed E-state index contributed by atoms with van der Waals surface area (Å²) in [6.45, 7) is 2.87. The average Bonchev–Trinajstić information content (AvgIpc) is 2.42. The number of hydrogen-bond donors (Lipinski definition) is 1. The van der Waals surface area contributed by atoms with Crippen LogP contribution in [0.5, 0.6) is 11.5 Å². The Labute approximate surface area is 114 Å². The highest BCUT2D eigenvalue weighted by atomic mass is 32.2. The predicted molar refractivity (Wildman–Crippen MR) is 79.0 cm³/mol. The maximum atomic E-state index is 5.87. The zero-order valence-corrected chi connectivity index (χ0v) is 12.5. The highest BCUT2D eigenvalue weighted by Gasteiger charge is 2.11. The Morgan fingerprint density at radius 2 is 2.17 bits per heavy atom. The van der Waals surface area contributed by atoms with E-state index in [0.29, 0.717) is 0 Å². The Balaban J connectivity index is 2.76. The number of hydrogen-bond acceptors (Lipinski definition) is 4. The van der Waals surface area contributed by atoms with Gasteiger partial charge in [0.15, 0.2) is 0 Å². The minimum atomic E-state index is 0.270. The molecule has 4 heteroatoms. The van der Waals surface area contributed by atoms with Crippen molar-refractivity contribution in [1.29, 1.82) is 0 Å². The van der Waals surface area contributed by atoms with Crippen molar-refractivity contribution >= 4 is 11.8 Å². The van der Waals surface area contributed by atoms with Crippen LogP contribution in [0.3, 0.4) is 0 Å². The lowest BCUT2D eigenvalue weighted by Crippen LogP contribution is -2.14. The Hall–Kier alpha value is -0.870. The van der Waals surface area contributed by atoms with Gasteiger partial charge in [-0.25, -0.2) is 0 Å². The SMILES string of the molecule is CNC(C)c1ccc(OC)cc1OCCCSC. The number of methoxy groups -OCH3 is 1. The van der Waals surface area contributed by atoms with E-state index in [1.807, 2.05) is 30.9 Å². The third-order valence-electron chi connectivity index (χ3n) is 2.87. The first-order valence-corrected chi connectivity index (χ1v) is 7.59. The van der Waals surface area contributed by atoms with Crippen LogP contribution in [0.15, 0.2) is 18.2 Å². The molecule has 3 nitrogen and oxygen atoms in total. The normalized spacial score (nSPS) is 12.2. The minimum Gasteiger partial charge on any atom is -0.497 e. The van der Waals surface area contributed by atoms with E-state index in [-0.39, 0.29) is 6.04 Å². The van der Waals surface area contributed by atoms with Crippen LogP contribution in [0.25, 0.3) is 0 Å². The van der Waals surface area contributed by atoms with Gasteiger partial charge in [0.1, 0.15) is 11.5 Å². The lowest BCUT2D eigenvalue weighted by atomic mass is 10.1. The fraction of sp³-hybridized carbons (Fsp3) is 0.571. The lowest BCUT2D eigenvalue weighted by Gasteiger charge is -2.17. The Kier molecular flexibility index (Phi) is 6.98. The van der Waals surface area contributed by atoms with Crippen LogP contribution in [-0.4, -0.2) is 32.8 Å². The van der Waals surface area contributed by atoms with Crippen molar-refractivity contribution in [2.75, 3.05) is 32.8 Å². The summed E-state index contributed by atoms with van der Waals surface area (Å²) < 4.78 is 11.1. The van der Waals surface area contributed by atoms with Gasteiger partial charge in [-0.05, 0) is 38.5 Å². The van der Waals surface area contributed by atoms with E-state index >= 15 is 0 Å². The molecule has 1 N–H and O–H groups in total. The molecule has 0 spiro atoms. The summed E-state index contributed by atoms with van der Waals surface area (Å²) >= 11 is 1.84. The third-order valence-corrected chi connectivity index (χ3v) is 3.57. The molecule has 0 aliphatic heterocycles. The average molecular weight is 269 g/mol. The van der Waals surface area contributed by atoms with Gasteiger partial charge in [0.05, 0.1) is 13.7 Å². The van der Waals surface area contributed by atoms with Gasteiger partial charge in [0.2, 0.25) is 0 Å². The fourth-order valence-corrected chi connectivity index (χ4v) is 2.07. The summed E-state index contributed by atoms with van der Waals surface area (Å²) in [5.41, 5.74) is 1.17. The van der Waals surface area contributed by atoms with E-state index in [0.717, 1.165) is 30.3 Å². The number of ether oxygens (including phenoxy) is 2. The molecule has 1 aromatic carbocycles. The Morgan fingerprint density at radius 3 is 2.78 bits per heavy atom. The van der Waals surface area contributed by atoms with Crippen molar-refractivity contribution in [1.82, 2.24) is 5.32 Å². The van der Waals surface area contributed by atoms with Gasteiger partial charge >= 0.3 is 0 Å². The van der Waals surface area contributed by atoms with Gasteiger partial charge in [-0.3, -0.25) is 0 Å². The van der Waals surface area contributed by atoms with Crippen molar-refractivity contribution in [3.8, 4) is 11.5 Å². The van der Waals surface area contributed by atoms with Gasteiger partial charge < -0.3 is 14.8 Å². The Morgan fingerprint density at radius 1 is 1.39 bits per heavy atom. The molecule has 0 bridgehead atoms. The maximum Gasteiger partial charge on any atom is 0.127 e. The molecule has 0 heterocycles. The molecule has 0 amide bonds. The van der Waals surface area contributed by atoms with E-state index in [1.165, 1.54) is 5.56 Å². The smallest absolute Gasteiger partial charge is 0.127 e. The van der Waals surface area contributed by atoms with Crippen LogP contribution < -0.4 is 14.8 Å².